The topological polar surface area (TPSA) is 88.1 Å². The number of ether oxygens (including phenoxy) is 2. The fourth-order valence-electron chi connectivity index (χ4n) is 3.09. The van der Waals surface area contributed by atoms with Crippen molar-refractivity contribution in [3.63, 3.8) is 0 Å². The highest BCUT2D eigenvalue weighted by molar-refractivity contribution is 5.76. The molecule has 1 aliphatic rings. The van der Waals surface area contributed by atoms with Crippen LogP contribution in [0.15, 0.2) is 18.2 Å². The molecule has 0 aliphatic carbocycles. The Morgan fingerprint density at radius 2 is 2.00 bits per heavy atom. The van der Waals surface area contributed by atoms with E-state index in [1.807, 2.05) is 25.1 Å². The minimum absolute atomic E-state index is 0.173. The molecule has 1 aromatic rings. The van der Waals surface area contributed by atoms with Gasteiger partial charge in [-0.2, -0.15) is 0 Å². The van der Waals surface area contributed by atoms with Crippen LogP contribution in [0.5, 0.6) is 11.5 Å². The number of methoxy groups -OCH3 is 1. The van der Waals surface area contributed by atoms with E-state index in [9.17, 15) is 9.59 Å². The van der Waals surface area contributed by atoms with Gasteiger partial charge in [0.2, 0.25) is 0 Å². The van der Waals surface area contributed by atoms with Gasteiger partial charge in [0.25, 0.3) is 0 Å². The van der Waals surface area contributed by atoms with Crippen molar-refractivity contribution < 1.29 is 24.2 Å². The van der Waals surface area contributed by atoms with Crippen molar-refractivity contribution in [2.45, 2.75) is 45.6 Å². The number of carboxylic acid groups (broad SMARTS) is 1. The number of likely N-dealkylation sites (tertiary alicyclic amines) is 1. The van der Waals surface area contributed by atoms with Crippen LogP contribution in [0, 0.1) is 5.92 Å². The van der Waals surface area contributed by atoms with Crippen LogP contribution >= 0.6 is 0 Å². The molecular weight excluding hydrogens is 348 g/mol. The Bertz CT molecular complexity index is 641. The van der Waals surface area contributed by atoms with Crippen LogP contribution in [0.25, 0.3) is 0 Å². The summed E-state index contributed by atoms with van der Waals surface area (Å²) in [5, 5.41) is 12.0. The van der Waals surface area contributed by atoms with E-state index in [0.717, 1.165) is 18.4 Å². The highest BCUT2D eigenvalue weighted by Crippen LogP contribution is 2.30. The molecule has 2 rings (SSSR count). The van der Waals surface area contributed by atoms with E-state index < -0.39 is 5.97 Å². The van der Waals surface area contributed by atoms with E-state index in [4.69, 9.17) is 14.6 Å². The number of nitrogens with one attached hydrogen (secondary N) is 1. The highest BCUT2D eigenvalue weighted by Gasteiger charge is 2.27. The van der Waals surface area contributed by atoms with Crippen molar-refractivity contribution in [2.75, 3.05) is 26.8 Å². The van der Waals surface area contributed by atoms with E-state index in [1.54, 1.807) is 12.0 Å². The Hall–Kier alpha value is -2.44. The first-order valence-corrected chi connectivity index (χ1v) is 9.55. The van der Waals surface area contributed by atoms with Crippen LogP contribution in [-0.2, 0) is 4.79 Å². The first kappa shape index (κ1) is 20.9. The van der Waals surface area contributed by atoms with E-state index in [-0.39, 0.29) is 18.0 Å². The van der Waals surface area contributed by atoms with E-state index >= 15 is 0 Å². The minimum Gasteiger partial charge on any atom is -0.493 e. The van der Waals surface area contributed by atoms with Gasteiger partial charge in [-0.3, -0.25) is 4.79 Å². The number of nitrogens with zero attached hydrogens (tertiary/aromatic N) is 1. The number of urea groups is 1. The summed E-state index contributed by atoms with van der Waals surface area (Å²) in [6, 6.07) is 5.29. The number of carbonyl (C=O) groups is 2. The van der Waals surface area contributed by atoms with Crippen molar-refractivity contribution in [1.82, 2.24) is 10.2 Å². The number of aliphatic carboxylic acids is 1. The third-order valence-corrected chi connectivity index (χ3v) is 4.91. The molecule has 1 saturated heterocycles. The largest absolute Gasteiger partial charge is 0.493 e. The summed E-state index contributed by atoms with van der Waals surface area (Å²) in [6.45, 7) is 5.59. The molecule has 27 heavy (non-hydrogen) atoms. The standard InChI is InChI=1S/C20H30N2O5/c1-4-5-12-27-17-7-6-16(13-18(17)26-3)14(2)21-20(25)22-10-8-15(9-11-22)19(23)24/h6-7,13-15H,4-5,8-12H2,1-3H3,(H,21,25)(H,23,24). The average Bonchev–Trinajstić information content (AvgIpc) is 2.68. The minimum atomic E-state index is -0.781. The predicted molar refractivity (Wildman–Crippen MR) is 102 cm³/mol. The third kappa shape index (κ3) is 5.77. The Kier molecular flexibility index (Phi) is 7.76. The Balaban J connectivity index is 1.93. The molecule has 2 amide bonds. The summed E-state index contributed by atoms with van der Waals surface area (Å²) in [7, 11) is 1.60. The van der Waals surface area contributed by atoms with Crippen LogP contribution in [-0.4, -0.2) is 48.8 Å². The van der Waals surface area contributed by atoms with Crippen molar-refractivity contribution in [3.05, 3.63) is 23.8 Å². The smallest absolute Gasteiger partial charge is 0.317 e. The van der Waals surface area contributed by atoms with Gasteiger partial charge in [0.1, 0.15) is 0 Å². The van der Waals surface area contributed by atoms with Gasteiger partial charge in [-0.25, -0.2) is 4.79 Å². The molecule has 1 aliphatic heterocycles. The molecule has 0 bridgehead atoms. The fourth-order valence-corrected chi connectivity index (χ4v) is 3.09. The molecule has 2 N–H and O–H groups in total. The lowest BCUT2D eigenvalue weighted by atomic mass is 9.97. The Morgan fingerprint density at radius 1 is 1.30 bits per heavy atom. The Labute approximate surface area is 160 Å². The van der Waals surface area contributed by atoms with Crippen molar-refractivity contribution in [2.24, 2.45) is 5.92 Å². The highest BCUT2D eigenvalue weighted by atomic mass is 16.5. The zero-order chi connectivity index (χ0) is 19.8. The monoisotopic (exact) mass is 378 g/mol. The van der Waals surface area contributed by atoms with Gasteiger partial charge in [0.15, 0.2) is 11.5 Å². The summed E-state index contributed by atoms with van der Waals surface area (Å²) < 4.78 is 11.2. The summed E-state index contributed by atoms with van der Waals surface area (Å²) in [6.07, 6.45) is 3.03. The molecular formula is C20H30N2O5. The van der Waals surface area contributed by atoms with Crippen molar-refractivity contribution >= 4 is 12.0 Å². The number of unbranched alkanes of at least 4 members (excludes halogenated alkanes) is 1. The van der Waals surface area contributed by atoms with Gasteiger partial charge in [-0.05, 0) is 43.9 Å². The predicted octanol–water partition coefficient (Wildman–Crippen LogP) is 3.44. The zero-order valence-corrected chi connectivity index (χ0v) is 16.4. The normalized spacial score (nSPS) is 15.9. The number of hydrogen-bond donors (Lipinski definition) is 2. The molecule has 0 saturated carbocycles. The van der Waals surface area contributed by atoms with Gasteiger partial charge in [0, 0.05) is 13.1 Å². The SMILES string of the molecule is CCCCOc1ccc(C(C)NC(=O)N2CCC(C(=O)O)CC2)cc1OC. The molecule has 1 aromatic carbocycles. The van der Waals surface area contributed by atoms with Crippen LogP contribution < -0.4 is 14.8 Å². The van der Waals surface area contributed by atoms with Crippen molar-refractivity contribution in [1.29, 1.82) is 0 Å². The zero-order valence-electron chi connectivity index (χ0n) is 16.4. The maximum absolute atomic E-state index is 12.5. The molecule has 7 heteroatoms. The van der Waals surface area contributed by atoms with Crippen LogP contribution in [0.4, 0.5) is 4.79 Å². The lowest BCUT2D eigenvalue weighted by molar-refractivity contribution is -0.143. The maximum Gasteiger partial charge on any atom is 0.317 e. The van der Waals surface area contributed by atoms with Gasteiger partial charge < -0.3 is 24.8 Å². The molecule has 1 heterocycles. The first-order valence-electron chi connectivity index (χ1n) is 9.55. The number of carbonyl (C=O) groups excluding carboxylic acids is 1. The second-order valence-corrected chi connectivity index (χ2v) is 6.88. The lowest BCUT2D eigenvalue weighted by Gasteiger charge is -2.31. The molecule has 150 valence electrons. The number of piperidine rings is 1. The van der Waals surface area contributed by atoms with Crippen LogP contribution in [0.3, 0.4) is 0 Å². The number of hydrogen-bond acceptors (Lipinski definition) is 4. The number of carboxylic acids is 1. The van der Waals surface area contributed by atoms with E-state index in [0.29, 0.717) is 44.0 Å². The van der Waals surface area contributed by atoms with Crippen LogP contribution in [0.2, 0.25) is 0 Å². The quantitative estimate of drug-likeness (QED) is 0.677. The summed E-state index contributed by atoms with van der Waals surface area (Å²) in [4.78, 5) is 25.2. The number of rotatable bonds is 8. The Morgan fingerprint density at radius 3 is 2.59 bits per heavy atom. The van der Waals surface area contributed by atoms with E-state index in [1.165, 1.54) is 0 Å². The molecule has 7 nitrogen and oxygen atoms in total. The second-order valence-electron chi connectivity index (χ2n) is 6.88. The van der Waals surface area contributed by atoms with Crippen molar-refractivity contribution in [3.8, 4) is 11.5 Å². The summed E-state index contributed by atoms with van der Waals surface area (Å²) in [5.41, 5.74) is 0.920. The van der Waals surface area contributed by atoms with Crippen LogP contribution in [0.1, 0.15) is 51.1 Å². The van der Waals surface area contributed by atoms with E-state index in [2.05, 4.69) is 12.2 Å². The molecule has 0 spiro atoms. The molecule has 0 radical (unpaired) electrons. The summed E-state index contributed by atoms with van der Waals surface area (Å²) in [5.74, 6) is 0.212. The first-order chi connectivity index (χ1) is 13.0. The third-order valence-electron chi connectivity index (χ3n) is 4.91. The maximum atomic E-state index is 12.5. The molecule has 1 unspecified atom stereocenters. The lowest BCUT2D eigenvalue weighted by Crippen LogP contribution is -2.46. The number of benzene rings is 1. The van der Waals surface area contributed by atoms with Gasteiger partial charge in [0.05, 0.1) is 25.7 Å². The average molecular weight is 378 g/mol. The fraction of sp³-hybridized carbons (Fsp3) is 0.600. The molecule has 1 atom stereocenters. The number of amides is 2. The van der Waals surface area contributed by atoms with Gasteiger partial charge in [-0.15, -0.1) is 0 Å². The molecule has 1 fully saturated rings. The van der Waals surface area contributed by atoms with Gasteiger partial charge in [-0.1, -0.05) is 19.4 Å². The summed E-state index contributed by atoms with van der Waals surface area (Å²) >= 11 is 0. The second kappa shape index (κ2) is 10.0. The molecule has 0 aromatic heterocycles. The van der Waals surface area contributed by atoms with Gasteiger partial charge >= 0.3 is 12.0 Å².